The molecule has 0 aliphatic heterocycles. The summed E-state index contributed by atoms with van der Waals surface area (Å²) in [4.78, 5) is 16.5. The quantitative estimate of drug-likeness (QED) is 0.511. The average molecular weight is 344 g/mol. The first-order valence-corrected chi connectivity index (χ1v) is 8.46. The van der Waals surface area contributed by atoms with Crippen LogP contribution in [0.5, 0.6) is 0 Å². The lowest BCUT2D eigenvalue weighted by atomic mass is 10.0. The van der Waals surface area contributed by atoms with Crippen molar-refractivity contribution in [2.75, 3.05) is 17.7 Å². The largest absolute Gasteiger partial charge is 0.373 e. The van der Waals surface area contributed by atoms with Crippen molar-refractivity contribution in [3.8, 4) is 11.3 Å². The molecule has 0 saturated carbocycles. The van der Waals surface area contributed by atoms with Crippen molar-refractivity contribution in [1.29, 1.82) is 0 Å². The van der Waals surface area contributed by atoms with E-state index in [0.717, 1.165) is 39.4 Å². The van der Waals surface area contributed by atoms with Gasteiger partial charge in [-0.1, -0.05) is 6.07 Å². The molecule has 3 heterocycles. The molecule has 0 fully saturated rings. The van der Waals surface area contributed by atoms with Gasteiger partial charge in [-0.3, -0.25) is 4.98 Å². The summed E-state index contributed by atoms with van der Waals surface area (Å²) in [6.07, 6.45) is 3.65. The van der Waals surface area contributed by atoms with Gasteiger partial charge in [0.15, 0.2) is 0 Å². The first-order chi connectivity index (χ1) is 12.6. The predicted molar refractivity (Wildman–Crippen MR) is 106 cm³/mol. The number of aryl methyl sites for hydroxylation is 2. The van der Waals surface area contributed by atoms with Crippen LogP contribution in [-0.4, -0.2) is 27.0 Å². The molecule has 0 unspecified atom stereocenters. The molecule has 4 aromatic rings. The Hall–Kier alpha value is -3.41. The van der Waals surface area contributed by atoms with Crippen LogP contribution >= 0.6 is 0 Å². The Morgan fingerprint density at radius 2 is 1.88 bits per heavy atom. The number of aromatic nitrogens is 4. The summed E-state index contributed by atoms with van der Waals surface area (Å²) in [7, 11) is 1.85. The number of aromatic amines is 1. The molecule has 0 aliphatic carbocycles. The molecule has 0 amide bonds. The molecular formula is C20H20N6. The van der Waals surface area contributed by atoms with Crippen molar-refractivity contribution in [3.63, 3.8) is 0 Å². The maximum atomic E-state index is 4.46. The lowest BCUT2D eigenvalue weighted by Crippen LogP contribution is -2.02. The zero-order valence-corrected chi connectivity index (χ0v) is 15.0. The highest BCUT2D eigenvalue weighted by atomic mass is 15.1. The Labute approximate surface area is 151 Å². The second-order valence-electron chi connectivity index (χ2n) is 6.27. The van der Waals surface area contributed by atoms with E-state index < -0.39 is 0 Å². The minimum Gasteiger partial charge on any atom is -0.373 e. The van der Waals surface area contributed by atoms with Crippen LogP contribution in [0.3, 0.4) is 0 Å². The van der Waals surface area contributed by atoms with E-state index in [-0.39, 0.29) is 0 Å². The van der Waals surface area contributed by atoms with Gasteiger partial charge >= 0.3 is 0 Å². The van der Waals surface area contributed by atoms with E-state index in [4.69, 9.17) is 0 Å². The van der Waals surface area contributed by atoms with Gasteiger partial charge in [-0.25, -0.2) is 4.98 Å². The number of nitrogens with one attached hydrogen (secondary N) is 3. The summed E-state index contributed by atoms with van der Waals surface area (Å²) in [6.45, 7) is 4.05. The molecule has 0 aliphatic rings. The summed E-state index contributed by atoms with van der Waals surface area (Å²) >= 11 is 0. The number of anilines is 3. The highest BCUT2D eigenvalue weighted by Crippen LogP contribution is 2.29. The van der Waals surface area contributed by atoms with E-state index in [1.807, 2.05) is 38.4 Å². The number of fused-ring (bicyclic) bond motifs is 1. The fourth-order valence-corrected chi connectivity index (χ4v) is 2.99. The van der Waals surface area contributed by atoms with Crippen LogP contribution in [0.2, 0.25) is 0 Å². The van der Waals surface area contributed by atoms with Crippen LogP contribution in [0.25, 0.3) is 22.2 Å². The van der Waals surface area contributed by atoms with Crippen molar-refractivity contribution in [2.24, 2.45) is 0 Å². The monoisotopic (exact) mass is 344 g/mol. The smallest absolute Gasteiger partial charge is 0.229 e. The van der Waals surface area contributed by atoms with E-state index in [2.05, 4.69) is 55.7 Å². The van der Waals surface area contributed by atoms with Crippen molar-refractivity contribution in [1.82, 2.24) is 19.9 Å². The van der Waals surface area contributed by atoms with Gasteiger partial charge in [-0.2, -0.15) is 4.98 Å². The van der Waals surface area contributed by atoms with Crippen LogP contribution < -0.4 is 10.6 Å². The first kappa shape index (κ1) is 16.1. The van der Waals surface area contributed by atoms with Crippen LogP contribution in [-0.2, 0) is 0 Å². The van der Waals surface area contributed by atoms with E-state index >= 15 is 0 Å². The van der Waals surface area contributed by atoms with E-state index in [1.165, 1.54) is 5.56 Å². The number of H-pyrrole nitrogens is 1. The van der Waals surface area contributed by atoms with E-state index in [9.17, 15) is 0 Å². The number of hydrogen-bond donors (Lipinski definition) is 3. The van der Waals surface area contributed by atoms with E-state index in [0.29, 0.717) is 5.95 Å². The number of benzene rings is 1. The minimum absolute atomic E-state index is 0.574. The molecule has 0 saturated heterocycles. The Morgan fingerprint density at radius 1 is 1.00 bits per heavy atom. The third-order valence-electron chi connectivity index (χ3n) is 4.32. The number of rotatable bonds is 4. The maximum absolute atomic E-state index is 4.46. The Morgan fingerprint density at radius 3 is 2.69 bits per heavy atom. The molecule has 0 atom stereocenters. The molecule has 130 valence electrons. The van der Waals surface area contributed by atoms with Crippen molar-refractivity contribution in [2.45, 2.75) is 13.8 Å². The Kier molecular flexibility index (Phi) is 4.01. The lowest BCUT2D eigenvalue weighted by Gasteiger charge is -2.11. The molecule has 26 heavy (non-hydrogen) atoms. The third-order valence-corrected chi connectivity index (χ3v) is 4.32. The summed E-state index contributed by atoms with van der Waals surface area (Å²) in [5.74, 6) is 1.36. The van der Waals surface area contributed by atoms with Gasteiger partial charge in [-0.05, 0) is 43.7 Å². The lowest BCUT2D eigenvalue weighted by molar-refractivity contribution is 1.10. The number of nitrogens with zero attached hydrogens (tertiary/aromatic N) is 3. The van der Waals surface area contributed by atoms with Crippen molar-refractivity contribution >= 4 is 28.4 Å². The van der Waals surface area contributed by atoms with Crippen molar-refractivity contribution in [3.05, 3.63) is 60.0 Å². The van der Waals surface area contributed by atoms with Crippen molar-refractivity contribution < 1.29 is 0 Å². The van der Waals surface area contributed by atoms with Crippen LogP contribution in [0.1, 0.15) is 11.3 Å². The third kappa shape index (κ3) is 3.09. The number of hydrogen-bond acceptors (Lipinski definition) is 5. The zero-order valence-electron chi connectivity index (χ0n) is 15.0. The zero-order chi connectivity index (χ0) is 18.1. The molecule has 0 spiro atoms. The van der Waals surface area contributed by atoms with Gasteiger partial charge in [0.2, 0.25) is 5.95 Å². The van der Waals surface area contributed by atoms with Gasteiger partial charge in [0.1, 0.15) is 5.82 Å². The second-order valence-corrected chi connectivity index (χ2v) is 6.27. The van der Waals surface area contributed by atoms with Gasteiger partial charge in [0.05, 0.1) is 11.7 Å². The Balaban J connectivity index is 1.71. The first-order valence-electron chi connectivity index (χ1n) is 8.46. The second kappa shape index (κ2) is 6.48. The van der Waals surface area contributed by atoms with Gasteiger partial charge < -0.3 is 15.6 Å². The molecule has 4 rings (SSSR count). The SMILES string of the molecule is CNc1cc(C)nc(Nc2ccc(C)c(-c3cc4ccncc4[nH]3)c2)n1. The number of pyridine rings is 1. The fraction of sp³-hybridized carbons (Fsp3) is 0.150. The highest BCUT2D eigenvalue weighted by molar-refractivity contribution is 5.86. The highest BCUT2D eigenvalue weighted by Gasteiger charge is 2.09. The molecule has 0 radical (unpaired) electrons. The van der Waals surface area contributed by atoms with Gasteiger partial charge in [0.25, 0.3) is 0 Å². The summed E-state index contributed by atoms with van der Waals surface area (Å²) in [5, 5.41) is 7.50. The Bertz CT molecular complexity index is 1050. The minimum atomic E-state index is 0.574. The average Bonchev–Trinajstić information content (AvgIpc) is 3.06. The maximum Gasteiger partial charge on any atom is 0.229 e. The van der Waals surface area contributed by atoms with Gasteiger partial charge in [0, 0.05) is 47.3 Å². The molecule has 6 heteroatoms. The van der Waals surface area contributed by atoms with Gasteiger partial charge in [-0.15, -0.1) is 0 Å². The molecular weight excluding hydrogens is 324 g/mol. The topological polar surface area (TPSA) is 78.5 Å². The predicted octanol–water partition coefficient (Wildman–Crippen LogP) is 4.42. The standard InChI is InChI=1S/C20H20N6/c1-12-4-5-15(24-20-23-13(2)8-19(21-3)26-20)10-16(12)17-9-14-6-7-22-11-18(14)25-17/h4-11,25H,1-3H3,(H2,21,23,24,26). The molecule has 1 aromatic carbocycles. The fourth-order valence-electron chi connectivity index (χ4n) is 2.99. The molecule has 3 aromatic heterocycles. The summed E-state index contributed by atoms with van der Waals surface area (Å²) < 4.78 is 0. The van der Waals surface area contributed by atoms with Crippen LogP contribution in [0.15, 0.2) is 48.8 Å². The summed E-state index contributed by atoms with van der Waals surface area (Å²) in [5.41, 5.74) is 6.26. The molecule has 3 N–H and O–H groups in total. The van der Waals surface area contributed by atoms with Crippen LogP contribution in [0.4, 0.5) is 17.5 Å². The normalized spacial score (nSPS) is 10.9. The molecule has 0 bridgehead atoms. The molecule has 6 nitrogen and oxygen atoms in total. The summed E-state index contributed by atoms with van der Waals surface area (Å²) in [6, 6.07) is 12.3. The van der Waals surface area contributed by atoms with E-state index in [1.54, 1.807) is 6.20 Å². The van der Waals surface area contributed by atoms with Crippen LogP contribution in [0, 0.1) is 13.8 Å².